The van der Waals surface area contributed by atoms with Crippen molar-refractivity contribution in [1.82, 2.24) is 14.7 Å². The number of ether oxygens (including phenoxy) is 1. The van der Waals surface area contributed by atoms with Gasteiger partial charge in [-0.3, -0.25) is 9.58 Å². The van der Waals surface area contributed by atoms with Crippen LogP contribution in [0.15, 0.2) is 0 Å². The summed E-state index contributed by atoms with van der Waals surface area (Å²) in [7, 11) is 2.05. The average Bonchev–Trinajstić information content (AvgIpc) is 2.76. The van der Waals surface area contributed by atoms with Crippen LogP contribution in [0.4, 0.5) is 0 Å². The lowest BCUT2D eigenvalue weighted by Gasteiger charge is -2.26. The maximum absolute atomic E-state index is 5.36. The molecule has 0 aliphatic carbocycles. The Kier molecular flexibility index (Phi) is 7.85. The first kappa shape index (κ1) is 17.2. The van der Waals surface area contributed by atoms with Gasteiger partial charge in [0, 0.05) is 25.8 Å². The molecule has 1 aromatic heterocycles. The molecule has 1 aliphatic rings. The van der Waals surface area contributed by atoms with E-state index in [9.17, 15) is 0 Å². The molecule has 0 unspecified atom stereocenters. The maximum Gasteiger partial charge on any atom is 0.0657 e. The predicted molar refractivity (Wildman–Crippen MR) is 84.3 cm³/mol. The highest BCUT2D eigenvalue weighted by Crippen LogP contribution is 2.15. The molecule has 0 amide bonds. The minimum absolute atomic E-state index is 0.891. The zero-order valence-corrected chi connectivity index (χ0v) is 13.9. The van der Waals surface area contributed by atoms with Crippen molar-refractivity contribution in [2.45, 2.75) is 47.0 Å². The molecule has 4 heteroatoms. The Morgan fingerprint density at radius 1 is 1.20 bits per heavy atom. The molecule has 1 fully saturated rings. The van der Waals surface area contributed by atoms with Crippen LogP contribution in [0.25, 0.3) is 0 Å². The van der Waals surface area contributed by atoms with E-state index in [1.807, 2.05) is 18.5 Å². The standard InChI is InChI=1S/C14H25N3O.C2H6/c1-4-14-12(2)13(15-16(14)3)6-5-7-17-8-10-18-11-9-17;1-2/h4-11H2,1-3H3;1-2H3. The second kappa shape index (κ2) is 9.14. The third-order valence-electron chi connectivity index (χ3n) is 3.85. The highest BCUT2D eigenvalue weighted by atomic mass is 16.5. The molecular weight excluding hydrogens is 250 g/mol. The quantitative estimate of drug-likeness (QED) is 0.831. The van der Waals surface area contributed by atoms with Gasteiger partial charge in [0.2, 0.25) is 0 Å². The number of nitrogens with zero attached hydrogens (tertiary/aromatic N) is 3. The van der Waals surface area contributed by atoms with Gasteiger partial charge in [-0.1, -0.05) is 20.8 Å². The van der Waals surface area contributed by atoms with Crippen molar-refractivity contribution < 1.29 is 4.74 Å². The summed E-state index contributed by atoms with van der Waals surface area (Å²) < 4.78 is 7.40. The van der Waals surface area contributed by atoms with Crippen LogP contribution in [-0.4, -0.2) is 47.5 Å². The predicted octanol–water partition coefficient (Wildman–Crippen LogP) is 2.58. The Morgan fingerprint density at radius 2 is 1.85 bits per heavy atom. The minimum atomic E-state index is 0.891. The SMILES string of the molecule is CC.CCc1c(C)c(CCCN2CCOCC2)nn1C. The van der Waals surface area contributed by atoms with E-state index in [0.29, 0.717) is 0 Å². The first-order valence-electron chi connectivity index (χ1n) is 8.03. The van der Waals surface area contributed by atoms with Gasteiger partial charge >= 0.3 is 0 Å². The first-order chi connectivity index (χ1) is 9.72. The second-order valence-corrected chi connectivity index (χ2v) is 5.05. The summed E-state index contributed by atoms with van der Waals surface area (Å²) in [5.41, 5.74) is 4.04. The fourth-order valence-electron chi connectivity index (χ4n) is 2.75. The van der Waals surface area contributed by atoms with Crippen molar-refractivity contribution in [1.29, 1.82) is 0 Å². The van der Waals surface area contributed by atoms with E-state index < -0.39 is 0 Å². The summed E-state index contributed by atoms with van der Waals surface area (Å²) >= 11 is 0. The number of morpholine rings is 1. The number of hydrogen-bond acceptors (Lipinski definition) is 3. The van der Waals surface area contributed by atoms with E-state index in [4.69, 9.17) is 4.74 Å². The first-order valence-corrected chi connectivity index (χ1v) is 8.03. The third-order valence-corrected chi connectivity index (χ3v) is 3.85. The molecule has 0 N–H and O–H groups in total. The summed E-state index contributed by atoms with van der Waals surface area (Å²) in [6.45, 7) is 13.5. The molecular formula is C16H31N3O. The van der Waals surface area contributed by atoms with Gasteiger partial charge in [-0.05, 0) is 38.3 Å². The lowest BCUT2D eigenvalue weighted by atomic mass is 10.1. The van der Waals surface area contributed by atoms with Gasteiger partial charge in [0.1, 0.15) is 0 Å². The Balaban J connectivity index is 0.000000956. The fourth-order valence-corrected chi connectivity index (χ4v) is 2.75. The van der Waals surface area contributed by atoms with Crippen LogP contribution in [0, 0.1) is 6.92 Å². The van der Waals surface area contributed by atoms with Crippen molar-refractivity contribution in [3.8, 4) is 0 Å². The highest BCUT2D eigenvalue weighted by Gasteiger charge is 2.12. The van der Waals surface area contributed by atoms with E-state index in [1.165, 1.54) is 29.9 Å². The maximum atomic E-state index is 5.36. The van der Waals surface area contributed by atoms with Crippen molar-refractivity contribution in [3.05, 3.63) is 17.0 Å². The summed E-state index contributed by atoms with van der Waals surface area (Å²) in [6, 6.07) is 0. The molecule has 2 heterocycles. The molecule has 20 heavy (non-hydrogen) atoms. The third kappa shape index (κ3) is 4.60. The van der Waals surface area contributed by atoms with Crippen molar-refractivity contribution in [2.24, 2.45) is 7.05 Å². The summed E-state index contributed by atoms with van der Waals surface area (Å²) in [5, 5.41) is 4.64. The van der Waals surface area contributed by atoms with E-state index >= 15 is 0 Å². The fraction of sp³-hybridized carbons (Fsp3) is 0.812. The van der Waals surface area contributed by atoms with E-state index in [-0.39, 0.29) is 0 Å². The molecule has 1 aliphatic heterocycles. The van der Waals surface area contributed by atoms with Crippen molar-refractivity contribution in [3.63, 3.8) is 0 Å². The Hall–Kier alpha value is -0.870. The Bertz CT molecular complexity index is 381. The van der Waals surface area contributed by atoms with Gasteiger partial charge < -0.3 is 4.74 Å². The summed E-state index contributed by atoms with van der Waals surface area (Å²) in [6.07, 6.45) is 3.36. The number of aromatic nitrogens is 2. The zero-order valence-electron chi connectivity index (χ0n) is 13.9. The monoisotopic (exact) mass is 281 g/mol. The molecule has 4 nitrogen and oxygen atoms in total. The molecule has 0 radical (unpaired) electrons. The number of aryl methyl sites for hydroxylation is 2. The van der Waals surface area contributed by atoms with Crippen molar-refractivity contribution in [2.75, 3.05) is 32.8 Å². The normalized spacial score (nSPS) is 15.8. The summed E-state index contributed by atoms with van der Waals surface area (Å²) in [4.78, 5) is 2.49. The second-order valence-electron chi connectivity index (χ2n) is 5.05. The molecule has 116 valence electrons. The summed E-state index contributed by atoms with van der Waals surface area (Å²) in [5.74, 6) is 0. The zero-order chi connectivity index (χ0) is 15.0. The van der Waals surface area contributed by atoms with E-state index in [0.717, 1.165) is 39.1 Å². The number of rotatable bonds is 5. The molecule has 0 spiro atoms. The van der Waals surface area contributed by atoms with Gasteiger partial charge in [0.25, 0.3) is 0 Å². The van der Waals surface area contributed by atoms with Crippen LogP contribution in [0.3, 0.4) is 0 Å². The van der Waals surface area contributed by atoms with E-state index in [2.05, 4.69) is 30.9 Å². The topological polar surface area (TPSA) is 30.3 Å². The van der Waals surface area contributed by atoms with Crippen LogP contribution < -0.4 is 0 Å². The van der Waals surface area contributed by atoms with Crippen LogP contribution in [-0.2, 0) is 24.6 Å². The highest BCUT2D eigenvalue weighted by molar-refractivity contribution is 5.24. The Morgan fingerprint density at radius 3 is 2.40 bits per heavy atom. The van der Waals surface area contributed by atoms with Crippen molar-refractivity contribution >= 4 is 0 Å². The molecule has 0 saturated carbocycles. The van der Waals surface area contributed by atoms with E-state index in [1.54, 1.807) is 0 Å². The largest absolute Gasteiger partial charge is 0.379 e. The van der Waals surface area contributed by atoms with Gasteiger partial charge in [0.15, 0.2) is 0 Å². The van der Waals surface area contributed by atoms with Crippen LogP contribution in [0.2, 0.25) is 0 Å². The molecule has 2 rings (SSSR count). The molecule has 1 aromatic rings. The molecule has 0 aromatic carbocycles. The molecule has 0 bridgehead atoms. The lowest BCUT2D eigenvalue weighted by Crippen LogP contribution is -2.36. The number of hydrogen-bond donors (Lipinski definition) is 0. The van der Waals surface area contributed by atoms with Crippen LogP contribution in [0.1, 0.15) is 44.1 Å². The van der Waals surface area contributed by atoms with Gasteiger partial charge in [-0.25, -0.2) is 0 Å². The molecule has 1 saturated heterocycles. The average molecular weight is 281 g/mol. The van der Waals surface area contributed by atoms with Crippen LogP contribution >= 0.6 is 0 Å². The Labute approximate surface area is 124 Å². The van der Waals surface area contributed by atoms with Gasteiger partial charge in [-0.15, -0.1) is 0 Å². The molecule has 0 atom stereocenters. The minimum Gasteiger partial charge on any atom is -0.379 e. The smallest absolute Gasteiger partial charge is 0.0657 e. The van der Waals surface area contributed by atoms with Crippen LogP contribution in [0.5, 0.6) is 0 Å². The lowest BCUT2D eigenvalue weighted by molar-refractivity contribution is 0.0374. The van der Waals surface area contributed by atoms with Gasteiger partial charge in [-0.2, -0.15) is 5.10 Å². The van der Waals surface area contributed by atoms with Gasteiger partial charge in [0.05, 0.1) is 18.9 Å².